The number of aryl methyl sites for hydroxylation is 1. The Morgan fingerprint density at radius 3 is 2.55 bits per heavy atom. The van der Waals surface area contributed by atoms with E-state index < -0.39 is 0 Å². The first-order chi connectivity index (χ1) is 13.8. The Morgan fingerprint density at radius 1 is 1.17 bits per heavy atom. The van der Waals surface area contributed by atoms with Crippen molar-refractivity contribution < 1.29 is 14.3 Å². The van der Waals surface area contributed by atoms with Crippen molar-refractivity contribution >= 4 is 40.7 Å². The van der Waals surface area contributed by atoms with Crippen LogP contribution in [0.5, 0.6) is 0 Å². The number of hydrogen-bond acceptors (Lipinski definition) is 3. The highest BCUT2D eigenvalue weighted by Crippen LogP contribution is 2.22. The van der Waals surface area contributed by atoms with E-state index in [1.807, 2.05) is 32.0 Å². The van der Waals surface area contributed by atoms with Crippen molar-refractivity contribution in [3.05, 3.63) is 63.1 Å². The molecule has 1 unspecified atom stereocenters. The molecule has 5 nitrogen and oxygen atoms in total. The molecular weight excluding hydrogens is 411 g/mol. The molecule has 7 heteroatoms. The van der Waals surface area contributed by atoms with Gasteiger partial charge in [-0.25, -0.2) is 0 Å². The number of ether oxygens (including phenoxy) is 1. The summed E-state index contributed by atoms with van der Waals surface area (Å²) in [4.78, 5) is 27.3. The number of anilines is 1. The van der Waals surface area contributed by atoms with Gasteiger partial charge >= 0.3 is 0 Å². The van der Waals surface area contributed by atoms with Crippen molar-refractivity contribution in [2.45, 2.75) is 32.8 Å². The molecule has 0 spiro atoms. The Balaban J connectivity index is 1.78. The van der Waals surface area contributed by atoms with Crippen LogP contribution >= 0.6 is 23.2 Å². The topological polar surface area (TPSA) is 58.6 Å². The lowest BCUT2D eigenvalue weighted by atomic mass is 10.1. The van der Waals surface area contributed by atoms with Crippen molar-refractivity contribution in [2.75, 3.05) is 25.0 Å². The van der Waals surface area contributed by atoms with Gasteiger partial charge in [-0.15, -0.1) is 0 Å². The van der Waals surface area contributed by atoms with Gasteiger partial charge in [-0.05, 0) is 62.1 Å². The van der Waals surface area contributed by atoms with Crippen LogP contribution in [0.1, 0.15) is 34.3 Å². The summed E-state index contributed by atoms with van der Waals surface area (Å²) in [6.45, 7) is 4.86. The molecule has 29 heavy (non-hydrogen) atoms. The summed E-state index contributed by atoms with van der Waals surface area (Å²) < 4.78 is 5.67. The predicted octanol–water partition coefficient (Wildman–Crippen LogP) is 4.87. The number of nitrogens with zero attached hydrogens (tertiary/aromatic N) is 1. The normalized spacial score (nSPS) is 15.9. The van der Waals surface area contributed by atoms with Crippen molar-refractivity contribution in [3.63, 3.8) is 0 Å². The summed E-state index contributed by atoms with van der Waals surface area (Å²) in [5, 5.41) is 3.66. The largest absolute Gasteiger partial charge is 0.376 e. The minimum absolute atomic E-state index is 0.0814. The van der Waals surface area contributed by atoms with Crippen molar-refractivity contribution in [2.24, 2.45) is 0 Å². The molecule has 1 heterocycles. The van der Waals surface area contributed by atoms with Crippen LogP contribution in [0.2, 0.25) is 10.0 Å². The highest BCUT2D eigenvalue weighted by atomic mass is 35.5. The number of benzene rings is 2. The predicted molar refractivity (Wildman–Crippen MR) is 116 cm³/mol. The monoisotopic (exact) mass is 434 g/mol. The number of rotatable bonds is 6. The van der Waals surface area contributed by atoms with E-state index in [4.69, 9.17) is 27.9 Å². The van der Waals surface area contributed by atoms with Gasteiger partial charge in [-0.2, -0.15) is 0 Å². The average Bonchev–Trinajstić information content (AvgIpc) is 3.16. The summed E-state index contributed by atoms with van der Waals surface area (Å²) >= 11 is 12.1. The third-order valence-electron chi connectivity index (χ3n) is 5.06. The zero-order valence-corrected chi connectivity index (χ0v) is 18.0. The molecule has 1 atom stereocenters. The Labute approximate surface area is 180 Å². The number of carbonyl (C=O) groups is 2. The van der Waals surface area contributed by atoms with Crippen LogP contribution in [0.25, 0.3) is 0 Å². The maximum atomic E-state index is 13.1. The van der Waals surface area contributed by atoms with Crippen LogP contribution in [0.15, 0.2) is 36.4 Å². The second kappa shape index (κ2) is 9.61. The van der Waals surface area contributed by atoms with Gasteiger partial charge in [0.1, 0.15) is 6.54 Å². The average molecular weight is 435 g/mol. The molecule has 0 bridgehead atoms. The number of nitrogens with one attached hydrogen (secondary N) is 1. The molecule has 1 N–H and O–H groups in total. The molecular formula is C22H24Cl2N2O3. The van der Waals surface area contributed by atoms with E-state index in [0.29, 0.717) is 28.8 Å². The lowest BCUT2D eigenvalue weighted by Crippen LogP contribution is -2.42. The third kappa shape index (κ3) is 5.72. The second-order valence-electron chi connectivity index (χ2n) is 7.27. The zero-order chi connectivity index (χ0) is 21.0. The van der Waals surface area contributed by atoms with E-state index in [1.165, 1.54) is 4.90 Å². The molecule has 1 fully saturated rings. The van der Waals surface area contributed by atoms with Crippen LogP contribution in [-0.4, -0.2) is 42.5 Å². The number of halogens is 2. The minimum atomic E-state index is -0.305. The Morgan fingerprint density at radius 2 is 1.90 bits per heavy atom. The van der Waals surface area contributed by atoms with Crippen LogP contribution in [-0.2, 0) is 9.53 Å². The van der Waals surface area contributed by atoms with Gasteiger partial charge in [-0.3, -0.25) is 9.59 Å². The van der Waals surface area contributed by atoms with Gasteiger partial charge in [0.2, 0.25) is 5.91 Å². The molecule has 0 aliphatic carbocycles. The van der Waals surface area contributed by atoms with Gasteiger partial charge < -0.3 is 15.0 Å². The molecule has 154 valence electrons. The minimum Gasteiger partial charge on any atom is -0.376 e. The second-order valence-corrected chi connectivity index (χ2v) is 8.15. The van der Waals surface area contributed by atoms with Crippen LogP contribution in [0.3, 0.4) is 0 Å². The molecule has 2 aromatic carbocycles. The van der Waals surface area contributed by atoms with Crippen molar-refractivity contribution in [1.29, 1.82) is 0 Å². The number of amides is 2. The third-order valence-corrected chi connectivity index (χ3v) is 5.49. The maximum Gasteiger partial charge on any atom is 0.254 e. The number of carbonyl (C=O) groups excluding carboxylic acids is 2. The SMILES string of the molecule is Cc1cccc(NC(=O)CN(CC2CCCO2)C(=O)c2cc(Cl)cc(Cl)c2)c1C. The molecule has 1 saturated heterocycles. The molecule has 3 rings (SSSR count). The molecule has 0 aromatic heterocycles. The molecule has 2 amide bonds. The first-order valence-electron chi connectivity index (χ1n) is 9.56. The van der Waals surface area contributed by atoms with Crippen molar-refractivity contribution in [1.82, 2.24) is 4.90 Å². The summed E-state index contributed by atoms with van der Waals surface area (Å²) in [7, 11) is 0. The van der Waals surface area contributed by atoms with Gasteiger partial charge in [0.25, 0.3) is 5.91 Å². The summed E-state index contributed by atoms with van der Waals surface area (Å²) in [5.74, 6) is -0.570. The molecule has 1 aliphatic heterocycles. The summed E-state index contributed by atoms with van der Waals surface area (Å²) in [6.07, 6.45) is 1.73. The number of hydrogen-bond donors (Lipinski definition) is 1. The molecule has 0 radical (unpaired) electrons. The van der Waals surface area contributed by atoms with E-state index in [9.17, 15) is 9.59 Å². The summed E-state index contributed by atoms with van der Waals surface area (Å²) in [5.41, 5.74) is 3.17. The Kier molecular flexibility index (Phi) is 7.17. The first kappa shape index (κ1) is 21.6. The van der Waals surface area contributed by atoms with E-state index in [1.54, 1.807) is 18.2 Å². The van der Waals surface area contributed by atoms with Crippen LogP contribution < -0.4 is 5.32 Å². The van der Waals surface area contributed by atoms with Crippen molar-refractivity contribution in [3.8, 4) is 0 Å². The van der Waals surface area contributed by atoms with Crippen LogP contribution in [0.4, 0.5) is 5.69 Å². The van der Waals surface area contributed by atoms with E-state index in [0.717, 1.165) is 29.7 Å². The molecule has 2 aromatic rings. The van der Waals surface area contributed by atoms with E-state index in [-0.39, 0.29) is 24.5 Å². The fourth-order valence-corrected chi connectivity index (χ4v) is 3.89. The molecule has 0 saturated carbocycles. The first-order valence-corrected chi connectivity index (χ1v) is 10.3. The smallest absolute Gasteiger partial charge is 0.254 e. The van der Waals surface area contributed by atoms with Gasteiger partial charge in [0.05, 0.1) is 6.10 Å². The van der Waals surface area contributed by atoms with Gasteiger partial charge in [0, 0.05) is 34.4 Å². The van der Waals surface area contributed by atoms with Gasteiger partial charge in [0.15, 0.2) is 0 Å². The highest BCUT2D eigenvalue weighted by molar-refractivity contribution is 6.35. The lowest BCUT2D eigenvalue weighted by Gasteiger charge is -2.25. The quantitative estimate of drug-likeness (QED) is 0.705. The molecule has 1 aliphatic rings. The highest BCUT2D eigenvalue weighted by Gasteiger charge is 2.26. The summed E-state index contributed by atoms with van der Waals surface area (Å²) in [6, 6.07) is 10.4. The van der Waals surface area contributed by atoms with Gasteiger partial charge in [-0.1, -0.05) is 35.3 Å². The lowest BCUT2D eigenvalue weighted by molar-refractivity contribution is -0.117. The Bertz CT molecular complexity index is 891. The Hall–Kier alpha value is -2.08. The standard InChI is InChI=1S/C22H24Cl2N2O3/c1-14-5-3-7-20(15(14)2)25-21(27)13-26(12-19-6-4-8-29-19)22(28)16-9-17(23)11-18(24)10-16/h3,5,7,9-11,19H,4,6,8,12-13H2,1-2H3,(H,25,27). The fraction of sp³-hybridized carbons (Fsp3) is 0.364. The zero-order valence-electron chi connectivity index (χ0n) is 16.5. The van der Waals surface area contributed by atoms with E-state index in [2.05, 4.69) is 5.32 Å². The van der Waals surface area contributed by atoms with E-state index >= 15 is 0 Å². The fourth-order valence-electron chi connectivity index (χ4n) is 3.36. The maximum absolute atomic E-state index is 13.1. The van der Waals surface area contributed by atoms with Crippen LogP contribution in [0, 0.1) is 13.8 Å².